The molecule has 0 saturated heterocycles. The van der Waals surface area contributed by atoms with Crippen molar-refractivity contribution in [2.45, 2.75) is 19.3 Å². The average Bonchev–Trinajstić information content (AvgIpc) is 2.96. The van der Waals surface area contributed by atoms with Crippen LogP contribution in [0.25, 0.3) is 11.4 Å². The minimum atomic E-state index is -0.383. The fraction of sp³-hybridized carbons (Fsp3) is 0.429. The summed E-state index contributed by atoms with van der Waals surface area (Å²) in [5.41, 5.74) is 6.01. The molecule has 0 aliphatic carbocycles. The Morgan fingerprint density at radius 2 is 1.95 bits per heavy atom. The summed E-state index contributed by atoms with van der Waals surface area (Å²) >= 11 is 6.18. The van der Waals surface area contributed by atoms with E-state index in [9.17, 15) is 0 Å². The van der Waals surface area contributed by atoms with Crippen LogP contribution in [0.3, 0.4) is 0 Å². The molecule has 0 atom stereocenters. The SMILES string of the molecule is COc1cc(-c2noc(C(C)(C)CN)n2)cc(Cl)c1OC.Cl. The van der Waals surface area contributed by atoms with Gasteiger partial charge in [0.15, 0.2) is 11.5 Å². The van der Waals surface area contributed by atoms with Crippen molar-refractivity contribution in [1.82, 2.24) is 10.1 Å². The number of aromatic nitrogens is 2. The van der Waals surface area contributed by atoms with E-state index in [0.29, 0.717) is 40.3 Å². The summed E-state index contributed by atoms with van der Waals surface area (Å²) in [5, 5.41) is 4.39. The lowest BCUT2D eigenvalue weighted by Gasteiger charge is -2.15. The molecule has 0 bridgehead atoms. The van der Waals surface area contributed by atoms with E-state index in [1.165, 1.54) is 14.2 Å². The zero-order valence-electron chi connectivity index (χ0n) is 12.8. The third kappa shape index (κ3) is 3.45. The van der Waals surface area contributed by atoms with E-state index in [4.69, 9.17) is 31.3 Å². The topological polar surface area (TPSA) is 83.4 Å². The first-order valence-electron chi connectivity index (χ1n) is 6.39. The molecule has 0 aliphatic rings. The number of benzene rings is 1. The van der Waals surface area contributed by atoms with Gasteiger partial charge in [0, 0.05) is 12.1 Å². The predicted molar refractivity (Wildman–Crippen MR) is 87.2 cm³/mol. The Hall–Kier alpha value is -1.50. The zero-order chi connectivity index (χ0) is 15.6. The molecule has 0 saturated carbocycles. The standard InChI is InChI=1S/C14H18ClN3O3.ClH/c1-14(2,7-16)13-17-12(18-21-13)8-5-9(15)11(20-4)10(6-8)19-3;/h5-6H,7,16H2,1-4H3;1H. The summed E-state index contributed by atoms with van der Waals surface area (Å²) in [6, 6.07) is 3.45. The first-order chi connectivity index (χ1) is 9.92. The summed E-state index contributed by atoms with van der Waals surface area (Å²) in [7, 11) is 3.07. The summed E-state index contributed by atoms with van der Waals surface area (Å²) in [6.45, 7) is 4.28. The van der Waals surface area contributed by atoms with E-state index < -0.39 is 0 Å². The Morgan fingerprint density at radius 3 is 2.50 bits per heavy atom. The fourth-order valence-corrected chi connectivity index (χ4v) is 2.04. The summed E-state index contributed by atoms with van der Waals surface area (Å²) in [6.07, 6.45) is 0. The van der Waals surface area contributed by atoms with Crippen molar-refractivity contribution in [3.05, 3.63) is 23.0 Å². The van der Waals surface area contributed by atoms with E-state index in [1.807, 2.05) is 13.8 Å². The Labute approximate surface area is 140 Å². The Balaban J connectivity index is 0.00000242. The molecule has 1 heterocycles. The summed E-state index contributed by atoms with van der Waals surface area (Å²) in [4.78, 5) is 4.38. The zero-order valence-corrected chi connectivity index (χ0v) is 14.4. The molecule has 22 heavy (non-hydrogen) atoms. The number of nitrogens with two attached hydrogens (primary N) is 1. The molecule has 0 fully saturated rings. The van der Waals surface area contributed by atoms with Gasteiger partial charge in [-0.25, -0.2) is 0 Å². The van der Waals surface area contributed by atoms with Gasteiger partial charge in [-0.3, -0.25) is 0 Å². The van der Waals surface area contributed by atoms with Gasteiger partial charge < -0.3 is 19.7 Å². The second kappa shape index (κ2) is 7.17. The van der Waals surface area contributed by atoms with Gasteiger partial charge in [-0.2, -0.15) is 4.98 Å². The molecule has 6 nitrogen and oxygen atoms in total. The molecule has 2 rings (SSSR count). The lowest BCUT2D eigenvalue weighted by Crippen LogP contribution is -2.28. The lowest BCUT2D eigenvalue weighted by atomic mass is 9.94. The third-order valence-corrected chi connectivity index (χ3v) is 3.49. The van der Waals surface area contributed by atoms with Gasteiger partial charge in [-0.1, -0.05) is 16.8 Å². The molecule has 2 N–H and O–H groups in total. The van der Waals surface area contributed by atoms with Crippen LogP contribution in [-0.2, 0) is 5.41 Å². The number of hydrogen-bond acceptors (Lipinski definition) is 6. The number of halogens is 2. The molecular weight excluding hydrogens is 329 g/mol. The van der Waals surface area contributed by atoms with Gasteiger partial charge in [0.1, 0.15) is 0 Å². The third-order valence-electron chi connectivity index (χ3n) is 3.21. The number of nitrogens with zero attached hydrogens (tertiary/aromatic N) is 2. The molecule has 2 aromatic rings. The van der Waals surface area contributed by atoms with Gasteiger partial charge in [0.2, 0.25) is 11.7 Å². The minimum Gasteiger partial charge on any atom is -0.493 e. The number of hydrogen-bond donors (Lipinski definition) is 1. The average molecular weight is 348 g/mol. The van der Waals surface area contributed by atoms with Crippen molar-refractivity contribution in [3.8, 4) is 22.9 Å². The maximum Gasteiger partial charge on any atom is 0.233 e. The molecule has 0 radical (unpaired) electrons. The van der Waals surface area contributed by atoms with E-state index >= 15 is 0 Å². The molecule has 0 aliphatic heterocycles. The van der Waals surface area contributed by atoms with Crippen LogP contribution in [0.15, 0.2) is 16.7 Å². The quantitative estimate of drug-likeness (QED) is 0.894. The molecule has 8 heteroatoms. The molecule has 0 unspecified atom stereocenters. The highest BCUT2D eigenvalue weighted by molar-refractivity contribution is 6.32. The van der Waals surface area contributed by atoms with Crippen LogP contribution in [-0.4, -0.2) is 30.9 Å². The molecule has 0 amide bonds. The van der Waals surface area contributed by atoms with Crippen LogP contribution in [0.1, 0.15) is 19.7 Å². The first-order valence-corrected chi connectivity index (χ1v) is 6.77. The second-order valence-corrected chi connectivity index (χ2v) is 5.61. The van der Waals surface area contributed by atoms with Gasteiger partial charge in [-0.15, -0.1) is 12.4 Å². The largest absolute Gasteiger partial charge is 0.493 e. The first kappa shape index (κ1) is 18.5. The Kier molecular flexibility index (Phi) is 6.05. The normalized spacial score (nSPS) is 11.0. The monoisotopic (exact) mass is 347 g/mol. The smallest absolute Gasteiger partial charge is 0.233 e. The van der Waals surface area contributed by atoms with Gasteiger partial charge in [-0.05, 0) is 26.0 Å². The van der Waals surface area contributed by atoms with Crippen LogP contribution in [0.5, 0.6) is 11.5 Å². The van der Waals surface area contributed by atoms with Crippen LogP contribution < -0.4 is 15.2 Å². The van der Waals surface area contributed by atoms with Gasteiger partial charge >= 0.3 is 0 Å². The predicted octanol–water partition coefficient (Wildman–Crippen LogP) is 3.07. The van der Waals surface area contributed by atoms with Crippen molar-refractivity contribution < 1.29 is 14.0 Å². The maximum atomic E-state index is 6.18. The maximum absolute atomic E-state index is 6.18. The highest BCUT2D eigenvalue weighted by Crippen LogP contribution is 2.38. The van der Waals surface area contributed by atoms with E-state index in [2.05, 4.69) is 10.1 Å². The van der Waals surface area contributed by atoms with E-state index in [-0.39, 0.29) is 17.8 Å². The Morgan fingerprint density at radius 1 is 1.27 bits per heavy atom. The van der Waals surface area contributed by atoms with Crippen molar-refractivity contribution in [3.63, 3.8) is 0 Å². The van der Waals surface area contributed by atoms with Gasteiger partial charge in [0.25, 0.3) is 0 Å². The van der Waals surface area contributed by atoms with Crippen LogP contribution in [0.2, 0.25) is 5.02 Å². The van der Waals surface area contributed by atoms with Crippen molar-refractivity contribution >= 4 is 24.0 Å². The molecule has 1 aromatic heterocycles. The van der Waals surface area contributed by atoms with E-state index in [0.717, 1.165) is 0 Å². The molecule has 1 aromatic carbocycles. The number of methoxy groups -OCH3 is 2. The number of ether oxygens (including phenoxy) is 2. The summed E-state index contributed by atoms with van der Waals surface area (Å²) < 4.78 is 15.7. The number of rotatable bonds is 5. The van der Waals surface area contributed by atoms with E-state index in [1.54, 1.807) is 12.1 Å². The second-order valence-electron chi connectivity index (χ2n) is 5.20. The van der Waals surface area contributed by atoms with Crippen molar-refractivity contribution in [2.75, 3.05) is 20.8 Å². The summed E-state index contributed by atoms with van der Waals surface area (Å²) in [5.74, 6) is 1.87. The highest BCUT2D eigenvalue weighted by atomic mass is 35.5. The highest BCUT2D eigenvalue weighted by Gasteiger charge is 2.26. The van der Waals surface area contributed by atoms with Crippen LogP contribution >= 0.6 is 24.0 Å². The lowest BCUT2D eigenvalue weighted by molar-refractivity contribution is 0.311. The molecule has 0 spiro atoms. The van der Waals surface area contributed by atoms with Crippen LogP contribution in [0, 0.1) is 0 Å². The molecular formula is C14H19Cl2N3O3. The van der Waals surface area contributed by atoms with Gasteiger partial charge in [0.05, 0.1) is 24.7 Å². The fourth-order valence-electron chi connectivity index (χ4n) is 1.75. The Bertz CT molecular complexity index is 644. The minimum absolute atomic E-state index is 0. The van der Waals surface area contributed by atoms with Crippen molar-refractivity contribution in [2.24, 2.45) is 5.73 Å². The van der Waals surface area contributed by atoms with Crippen molar-refractivity contribution in [1.29, 1.82) is 0 Å². The molecule has 122 valence electrons. The van der Waals surface area contributed by atoms with Crippen LogP contribution in [0.4, 0.5) is 0 Å².